The first-order valence-electron chi connectivity index (χ1n) is 13.4. The van der Waals surface area contributed by atoms with Gasteiger partial charge in [0.1, 0.15) is 0 Å². The number of fused-ring (bicyclic) bond motifs is 1. The summed E-state index contributed by atoms with van der Waals surface area (Å²) in [5.74, 6) is -0.879. The molecule has 0 aliphatic carbocycles. The standard InChI is InChI=1S/C35H29N3O2/c39-33(40)22-32-34(28-10-3-1-4-11-28)37-38(35(32)29-12-5-2-6-13-29)24-25-16-19-31(20-17-25)36-23-26-15-18-27-9-7-8-14-30(27)21-26/h1-21,36H,22-24H2,(H,39,40). The van der Waals surface area contributed by atoms with Crippen LogP contribution in [0.25, 0.3) is 33.3 Å². The van der Waals surface area contributed by atoms with Crippen LogP contribution in [0, 0.1) is 0 Å². The Labute approximate surface area is 233 Å². The molecule has 0 bridgehead atoms. The van der Waals surface area contributed by atoms with Gasteiger partial charge >= 0.3 is 5.97 Å². The second kappa shape index (κ2) is 11.3. The molecular formula is C35H29N3O2. The molecule has 0 aliphatic heterocycles. The minimum absolute atomic E-state index is 0.105. The lowest BCUT2D eigenvalue weighted by Gasteiger charge is -2.11. The fourth-order valence-electron chi connectivity index (χ4n) is 5.13. The van der Waals surface area contributed by atoms with E-state index in [1.54, 1.807) is 0 Å². The highest BCUT2D eigenvalue weighted by Crippen LogP contribution is 2.33. The molecule has 0 saturated carbocycles. The molecule has 0 radical (unpaired) electrons. The molecule has 0 fully saturated rings. The molecule has 0 spiro atoms. The fraction of sp³-hybridized carbons (Fsp3) is 0.0857. The van der Waals surface area contributed by atoms with Crippen molar-refractivity contribution < 1.29 is 9.90 Å². The Morgan fingerprint density at radius 3 is 2.02 bits per heavy atom. The molecular weight excluding hydrogens is 494 g/mol. The maximum Gasteiger partial charge on any atom is 0.307 e. The van der Waals surface area contributed by atoms with Crippen LogP contribution in [-0.4, -0.2) is 20.9 Å². The van der Waals surface area contributed by atoms with Gasteiger partial charge in [-0.25, -0.2) is 0 Å². The summed E-state index contributed by atoms with van der Waals surface area (Å²) in [6, 6.07) is 43.0. The van der Waals surface area contributed by atoms with E-state index in [0.29, 0.717) is 12.2 Å². The van der Waals surface area contributed by atoms with Gasteiger partial charge in [-0.3, -0.25) is 9.48 Å². The minimum atomic E-state index is -0.879. The maximum atomic E-state index is 11.9. The summed E-state index contributed by atoms with van der Waals surface area (Å²) in [5, 5.41) is 20.7. The highest BCUT2D eigenvalue weighted by atomic mass is 16.4. The van der Waals surface area contributed by atoms with E-state index < -0.39 is 5.97 Å². The van der Waals surface area contributed by atoms with Gasteiger partial charge in [0.2, 0.25) is 0 Å². The molecule has 2 N–H and O–H groups in total. The van der Waals surface area contributed by atoms with Crippen LogP contribution < -0.4 is 5.32 Å². The van der Waals surface area contributed by atoms with Gasteiger partial charge in [-0.1, -0.05) is 109 Å². The molecule has 6 aromatic rings. The van der Waals surface area contributed by atoms with E-state index >= 15 is 0 Å². The second-order valence-corrected chi connectivity index (χ2v) is 9.87. The Hall–Kier alpha value is -5.16. The van der Waals surface area contributed by atoms with Crippen LogP contribution in [0.15, 0.2) is 127 Å². The maximum absolute atomic E-state index is 11.9. The molecule has 0 aliphatic rings. The van der Waals surface area contributed by atoms with Gasteiger partial charge in [0, 0.05) is 28.9 Å². The zero-order valence-corrected chi connectivity index (χ0v) is 22.0. The third kappa shape index (κ3) is 5.49. The second-order valence-electron chi connectivity index (χ2n) is 9.87. The zero-order chi connectivity index (χ0) is 27.3. The predicted octanol–water partition coefficient (Wildman–Crippen LogP) is 7.66. The van der Waals surface area contributed by atoms with Crippen LogP contribution in [0.2, 0.25) is 0 Å². The van der Waals surface area contributed by atoms with Crippen molar-refractivity contribution in [1.82, 2.24) is 9.78 Å². The van der Waals surface area contributed by atoms with Gasteiger partial charge < -0.3 is 10.4 Å². The van der Waals surface area contributed by atoms with Crippen LogP contribution in [-0.2, 0) is 24.3 Å². The quantitative estimate of drug-likeness (QED) is 0.204. The lowest BCUT2D eigenvalue weighted by Crippen LogP contribution is -2.06. The fourth-order valence-corrected chi connectivity index (χ4v) is 5.13. The van der Waals surface area contributed by atoms with Crippen molar-refractivity contribution in [2.45, 2.75) is 19.5 Å². The molecule has 196 valence electrons. The minimum Gasteiger partial charge on any atom is -0.481 e. The first-order valence-corrected chi connectivity index (χ1v) is 13.4. The number of aromatic nitrogens is 2. The number of nitrogens with one attached hydrogen (secondary N) is 1. The van der Waals surface area contributed by atoms with E-state index in [4.69, 9.17) is 5.10 Å². The summed E-state index contributed by atoms with van der Waals surface area (Å²) in [4.78, 5) is 11.9. The molecule has 0 atom stereocenters. The topological polar surface area (TPSA) is 67.1 Å². The van der Waals surface area contributed by atoms with E-state index in [2.05, 4.69) is 72.0 Å². The number of benzene rings is 5. The average molecular weight is 524 g/mol. The van der Waals surface area contributed by atoms with Crippen LogP contribution in [0.1, 0.15) is 16.7 Å². The smallest absolute Gasteiger partial charge is 0.307 e. The molecule has 40 heavy (non-hydrogen) atoms. The molecule has 0 saturated heterocycles. The molecule has 0 unspecified atom stereocenters. The largest absolute Gasteiger partial charge is 0.481 e. The van der Waals surface area contributed by atoms with Crippen LogP contribution in [0.3, 0.4) is 0 Å². The SMILES string of the molecule is O=C(O)Cc1c(-c2ccccc2)nn(Cc2ccc(NCc3ccc4ccccc4c3)cc2)c1-c1ccccc1. The number of anilines is 1. The Morgan fingerprint density at radius 1 is 0.700 bits per heavy atom. The third-order valence-corrected chi connectivity index (χ3v) is 7.07. The summed E-state index contributed by atoms with van der Waals surface area (Å²) >= 11 is 0. The first-order chi connectivity index (χ1) is 19.6. The van der Waals surface area contributed by atoms with Crippen molar-refractivity contribution >= 4 is 22.4 Å². The van der Waals surface area contributed by atoms with Crippen molar-refractivity contribution in [3.05, 3.63) is 144 Å². The van der Waals surface area contributed by atoms with Crippen molar-refractivity contribution in [1.29, 1.82) is 0 Å². The number of carboxylic acids is 1. The molecule has 5 aromatic carbocycles. The van der Waals surface area contributed by atoms with E-state index in [0.717, 1.165) is 40.2 Å². The zero-order valence-electron chi connectivity index (χ0n) is 22.0. The number of aliphatic carboxylic acids is 1. The Bertz CT molecular complexity index is 1760. The van der Waals surface area contributed by atoms with E-state index in [1.807, 2.05) is 65.3 Å². The number of nitrogens with zero attached hydrogens (tertiary/aromatic N) is 2. The summed E-state index contributed by atoms with van der Waals surface area (Å²) in [6.45, 7) is 1.26. The van der Waals surface area contributed by atoms with Crippen molar-refractivity contribution in [2.24, 2.45) is 0 Å². The third-order valence-electron chi connectivity index (χ3n) is 7.07. The van der Waals surface area contributed by atoms with Gasteiger partial charge in [-0.05, 0) is 40.1 Å². The van der Waals surface area contributed by atoms with Gasteiger partial charge in [-0.2, -0.15) is 5.10 Å². The van der Waals surface area contributed by atoms with Crippen molar-refractivity contribution in [2.75, 3.05) is 5.32 Å². The molecule has 1 aromatic heterocycles. The van der Waals surface area contributed by atoms with Crippen LogP contribution >= 0.6 is 0 Å². The summed E-state index contributed by atoms with van der Waals surface area (Å²) in [6.07, 6.45) is -0.105. The molecule has 0 amide bonds. The molecule has 1 heterocycles. The van der Waals surface area contributed by atoms with Gasteiger partial charge in [-0.15, -0.1) is 0 Å². The molecule has 6 rings (SSSR count). The van der Waals surface area contributed by atoms with Gasteiger partial charge in [0.15, 0.2) is 0 Å². The summed E-state index contributed by atoms with van der Waals surface area (Å²) < 4.78 is 1.94. The van der Waals surface area contributed by atoms with Crippen molar-refractivity contribution in [3.63, 3.8) is 0 Å². The number of carboxylic acid groups (broad SMARTS) is 1. The number of carbonyl (C=O) groups is 1. The molecule has 5 heteroatoms. The Kier molecular flexibility index (Phi) is 7.10. The van der Waals surface area contributed by atoms with Gasteiger partial charge in [0.25, 0.3) is 0 Å². The predicted molar refractivity (Wildman–Crippen MR) is 161 cm³/mol. The lowest BCUT2D eigenvalue weighted by atomic mass is 9.99. The Balaban J connectivity index is 1.28. The summed E-state index contributed by atoms with van der Waals surface area (Å²) in [7, 11) is 0. The normalized spacial score (nSPS) is 11.0. The van der Waals surface area contributed by atoms with Crippen molar-refractivity contribution in [3.8, 4) is 22.5 Å². The number of hydrogen-bond donors (Lipinski definition) is 2. The number of hydrogen-bond acceptors (Lipinski definition) is 3. The monoisotopic (exact) mass is 523 g/mol. The van der Waals surface area contributed by atoms with Crippen LogP contribution in [0.5, 0.6) is 0 Å². The molecule has 5 nitrogen and oxygen atoms in total. The highest BCUT2D eigenvalue weighted by Gasteiger charge is 2.22. The van der Waals surface area contributed by atoms with Gasteiger partial charge in [0.05, 0.1) is 24.4 Å². The van der Waals surface area contributed by atoms with Crippen LogP contribution in [0.4, 0.5) is 5.69 Å². The lowest BCUT2D eigenvalue weighted by molar-refractivity contribution is -0.136. The summed E-state index contributed by atoms with van der Waals surface area (Å²) in [5.41, 5.74) is 7.46. The van der Waals surface area contributed by atoms with E-state index in [1.165, 1.54) is 16.3 Å². The highest BCUT2D eigenvalue weighted by molar-refractivity contribution is 5.83. The Morgan fingerprint density at radius 2 is 1.32 bits per heavy atom. The van der Waals surface area contributed by atoms with E-state index in [9.17, 15) is 9.90 Å². The number of rotatable bonds is 9. The first kappa shape index (κ1) is 25.1. The van der Waals surface area contributed by atoms with E-state index in [-0.39, 0.29) is 6.42 Å². The average Bonchev–Trinajstić information content (AvgIpc) is 3.34.